The number of thiophene rings is 1. The van der Waals surface area contributed by atoms with Crippen molar-refractivity contribution in [3.05, 3.63) is 33.1 Å². The van der Waals surface area contributed by atoms with Gasteiger partial charge in [-0.25, -0.2) is 13.4 Å². The quantitative estimate of drug-likeness (QED) is 0.807. The molecular formula is C11H7Cl2F3N2O3S2. The monoisotopic (exact) mass is 406 g/mol. The average molecular weight is 407 g/mol. The van der Waals surface area contributed by atoms with Crippen molar-refractivity contribution in [2.75, 3.05) is 11.3 Å². The molecule has 0 aromatic carbocycles. The number of nitrogens with zero attached hydrogens (tertiary/aromatic N) is 1. The van der Waals surface area contributed by atoms with Gasteiger partial charge >= 0.3 is 6.18 Å². The van der Waals surface area contributed by atoms with Gasteiger partial charge < -0.3 is 4.74 Å². The lowest BCUT2D eigenvalue weighted by molar-refractivity contribution is -0.154. The van der Waals surface area contributed by atoms with Crippen LogP contribution in [0, 0.1) is 0 Å². The molecule has 2 rings (SSSR count). The molecule has 0 aliphatic rings. The minimum absolute atomic E-state index is 0.0133. The fraction of sp³-hybridized carbons (Fsp3) is 0.182. The molecule has 1 N–H and O–H groups in total. The number of aromatic nitrogens is 1. The highest BCUT2D eigenvalue weighted by atomic mass is 35.5. The Kier molecular flexibility index (Phi) is 5.29. The Hall–Kier alpha value is -1.23. The molecule has 23 heavy (non-hydrogen) atoms. The lowest BCUT2D eigenvalue weighted by Gasteiger charge is -2.09. The van der Waals surface area contributed by atoms with E-state index in [0.717, 1.165) is 23.6 Å². The van der Waals surface area contributed by atoms with Crippen LogP contribution >= 0.6 is 34.5 Å². The summed E-state index contributed by atoms with van der Waals surface area (Å²) in [5.41, 5.74) is 0.0303. The van der Waals surface area contributed by atoms with Gasteiger partial charge in [0.15, 0.2) is 6.61 Å². The summed E-state index contributed by atoms with van der Waals surface area (Å²) < 4.78 is 67.0. The Labute approximate surface area is 143 Å². The van der Waals surface area contributed by atoms with Crippen molar-refractivity contribution in [2.45, 2.75) is 11.1 Å². The van der Waals surface area contributed by atoms with Crippen molar-refractivity contribution in [1.29, 1.82) is 0 Å². The van der Waals surface area contributed by atoms with Crippen LogP contribution in [0.2, 0.25) is 8.67 Å². The van der Waals surface area contributed by atoms with Gasteiger partial charge in [0.2, 0.25) is 5.88 Å². The molecule has 0 fully saturated rings. The average Bonchev–Trinajstić information content (AvgIpc) is 2.76. The molecule has 126 valence electrons. The topological polar surface area (TPSA) is 68.3 Å². The maximum atomic E-state index is 12.1. The second kappa shape index (κ2) is 6.71. The number of hydrogen-bond donors (Lipinski definition) is 1. The Morgan fingerprint density at radius 3 is 2.48 bits per heavy atom. The fourth-order valence-electron chi connectivity index (χ4n) is 1.40. The fourth-order valence-corrected chi connectivity index (χ4v) is 4.59. The van der Waals surface area contributed by atoms with Crippen LogP contribution in [0.3, 0.4) is 0 Å². The lowest BCUT2D eigenvalue weighted by atomic mass is 10.4. The van der Waals surface area contributed by atoms with E-state index in [1.807, 2.05) is 0 Å². The van der Waals surface area contributed by atoms with Crippen LogP contribution in [0.4, 0.5) is 18.9 Å². The van der Waals surface area contributed by atoms with E-state index >= 15 is 0 Å². The number of sulfonamides is 1. The van der Waals surface area contributed by atoms with E-state index < -0.39 is 22.8 Å². The van der Waals surface area contributed by atoms with E-state index in [9.17, 15) is 21.6 Å². The van der Waals surface area contributed by atoms with Gasteiger partial charge in [-0.05, 0) is 12.1 Å². The van der Waals surface area contributed by atoms with E-state index in [2.05, 4.69) is 14.4 Å². The molecule has 0 aliphatic heterocycles. The summed E-state index contributed by atoms with van der Waals surface area (Å²) in [6.45, 7) is -1.49. The molecule has 0 spiro atoms. The normalized spacial score (nSPS) is 12.2. The zero-order chi connectivity index (χ0) is 17.3. The number of nitrogens with one attached hydrogen (secondary N) is 1. The highest BCUT2D eigenvalue weighted by molar-refractivity contribution is 7.93. The number of alkyl halides is 3. The molecule has 12 heteroatoms. The maximum Gasteiger partial charge on any atom is 0.422 e. The van der Waals surface area contributed by atoms with Crippen LogP contribution < -0.4 is 9.46 Å². The van der Waals surface area contributed by atoms with Crippen molar-refractivity contribution in [3.63, 3.8) is 0 Å². The van der Waals surface area contributed by atoms with Gasteiger partial charge in [-0.1, -0.05) is 23.2 Å². The summed E-state index contributed by atoms with van der Waals surface area (Å²) in [6, 6.07) is 3.50. The molecule has 0 amide bonds. The minimum Gasteiger partial charge on any atom is -0.468 e. The zero-order valence-electron chi connectivity index (χ0n) is 10.9. The smallest absolute Gasteiger partial charge is 0.422 e. The van der Waals surface area contributed by atoms with Gasteiger partial charge in [-0.15, -0.1) is 11.3 Å². The Morgan fingerprint density at radius 2 is 2.00 bits per heavy atom. The number of anilines is 1. The third kappa shape index (κ3) is 5.13. The first-order valence-corrected chi connectivity index (χ1v) is 8.76. The predicted octanol–water partition coefficient (Wildman–Crippen LogP) is 4.19. The number of halogens is 5. The molecule has 0 atom stereocenters. The Balaban J connectivity index is 2.10. The molecule has 2 heterocycles. The zero-order valence-corrected chi connectivity index (χ0v) is 14.0. The maximum absolute atomic E-state index is 12.1. The summed E-state index contributed by atoms with van der Waals surface area (Å²) >= 11 is 12.4. The highest BCUT2D eigenvalue weighted by Crippen LogP contribution is 2.35. The van der Waals surface area contributed by atoms with Crippen molar-refractivity contribution < 1.29 is 26.3 Å². The van der Waals surface area contributed by atoms with Crippen molar-refractivity contribution in [2.24, 2.45) is 0 Å². The van der Waals surface area contributed by atoms with Gasteiger partial charge in [0.1, 0.15) is 9.23 Å². The van der Waals surface area contributed by atoms with Crippen LogP contribution in [0.1, 0.15) is 0 Å². The standard InChI is InChI=1S/C11H7Cl2F3N2O3S2/c12-8-3-7(10(13)22-8)23(19,20)18-6-1-2-9(17-4-6)21-5-11(14,15)16/h1-4,18H,5H2. The van der Waals surface area contributed by atoms with E-state index in [4.69, 9.17) is 23.2 Å². The largest absolute Gasteiger partial charge is 0.468 e. The first-order chi connectivity index (χ1) is 10.6. The van der Waals surface area contributed by atoms with Crippen molar-refractivity contribution in [1.82, 2.24) is 4.98 Å². The molecule has 0 radical (unpaired) electrons. The number of pyridine rings is 1. The molecule has 5 nitrogen and oxygen atoms in total. The van der Waals surface area contributed by atoms with Crippen molar-refractivity contribution >= 4 is 50.2 Å². The Bertz CT molecular complexity index is 792. The molecule has 0 saturated carbocycles. The van der Waals surface area contributed by atoms with Gasteiger partial charge in [0.25, 0.3) is 10.0 Å². The number of rotatable bonds is 5. The van der Waals surface area contributed by atoms with Gasteiger partial charge in [-0.3, -0.25) is 4.72 Å². The first-order valence-electron chi connectivity index (χ1n) is 5.70. The Morgan fingerprint density at radius 1 is 1.30 bits per heavy atom. The molecule has 2 aromatic rings. The van der Waals surface area contributed by atoms with Crippen LogP contribution in [0.25, 0.3) is 0 Å². The molecule has 0 saturated heterocycles. The van der Waals surface area contributed by atoms with Gasteiger partial charge in [0.05, 0.1) is 16.2 Å². The van der Waals surface area contributed by atoms with Gasteiger partial charge in [-0.2, -0.15) is 13.2 Å². The number of hydrogen-bond acceptors (Lipinski definition) is 5. The SMILES string of the molecule is O=S(=O)(Nc1ccc(OCC(F)(F)F)nc1)c1cc(Cl)sc1Cl. The minimum atomic E-state index is -4.49. The third-order valence-corrected chi connectivity index (χ3v) is 5.42. The third-order valence-electron chi connectivity index (χ3n) is 2.29. The second-order valence-corrected chi connectivity index (χ2v) is 8.02. The second-order valence-electron chi connectivity index (χ2n) is 4.08. The molecular weight excluding hydrogens is 400 g/mol. The van der Waals surface area contributed by atoms with E-state index in [0.29, 0.717) is 0 Å². The van der Waals surface area contributed by atoms with Crippen LogP contribution in [0.15, 0.2) is 29.3 Å². The summed E-state index contributed by atoms with van der Waals surface area (Å²) in [5.74, 6) is -0.290. The van der Waals surface area contributed by atoms with Crippen molar-refractivity contribution in [3.8, 4) is 5.88 Å². The van der Waals surface area contributed by atoms with Crippen LogP contribution in [-0.4, -0.2) is 26.2 Å². The van der Waals surface area contributed by atoms with E-state index in [-0.39, 0.29) is 25.1 Å². The van der Waals surface area contributed by atoms with Crippen LogP contribution in [0.5, 0.6) is 5.88 Å². The van der Waals surface area contributed by atoms with E-state index in [1.165, 1.54) is 12.1 Å². The first kappa shape index (κ1) is 18.1. The van der Waals surface area contributed by atoms with E-state index in [1.54, 1.807) is 0 Å². The molecule has 0 aliphatic carbocycles. The summed E-state index contributed by atoms with van der Waals surface area (Å²) in [5, 5.41) is 0. The lowest BCUT2D eigenvalue weighted by Crippen LogP contribution is -2.19. The van der Waals surface area contributed by atoms with Crippen LogP contribution in [-0.2, 0) is 10.0 Å². The van der Waals surface area contributed by atoms with Gasteiger partial charge in [0, 0.05) is 6.07 Å². The molecule has 0 bridgehead atoms. The number of ether oxygens (including phenoxy) is 1. The summed E-state index contributed by atoms with van der Waals surface area (Å²) in [6.07, 6.45) is -3.47. The summed E-state index contributed by atoms with van der Waals surface area (Å²) in [4.78, 5) is 3.38. The molecule has 0 unspecified atom stereocenters. The molecule has 2 aromatic heterocycles. The highest BCUT2D eigenvalue weighted by Gasteiger charge is 2.28. The predicted molar refractivity (Wildman–Crippen MR) is 80.9 cm³/mol. The summed E-state index contributed by atoms with van der Waals surface area (Å²) in [7, 11) is -3.99.